The van der Waals surface area contributed by atoms with Gasteiger partial charge in [0.15, 0.2) is 0 Å². The van der Waals surface area contributed by atoms with Gasteiger partial charge in [0.2, 0.25) is 5.43 Å². The molecule has 0 N–H and O–H groups in total. The molecule has 0 spiro atoms. The van der Waals surface area contributed by atoms with Gasteiger partial charge in [-0.15, -0.1) is 11.3 Å². The van der Waals surface area contributed by atoms with Gasteiger partial charge >= 0.3 is 0 Å². The van der Waals surface area contributed by atoms with Crippen molar-refractivity contribution in [2.45, 2.75) is 0 Å². The van der Waals surface area contributed by atoms with Gasteiger partial charge in [-0.25, -0.2) is 4.98 Å². The van der Waals surface area contributed by atoms with Crippen LogP contribution in [0.25, 0.3) is 20.8 Å². The second-order valence-corrected chi connectivity index (χ2v) is 4.67. The fraction of sp³-hybridized carbons (Fsp3) is 0. The molecule has 17 heavy (non-hydrogen) atoms. The number of aromatic nitrogens is 1. The van der Waals surface area contributed by atoms with Crippen LogP contribution in [0, 0.1) is 11.3 Å². The Morgan fingerprint density at radius 1 is 1.18 bits per heavy atom. The van der Waals surface area contributed by atoms with E-state index in [2.05, 4.69) is 4.98 Å². The third kappa shape index (κ3) is 1.49. The van der Waals surface area contributed by atoms with E-state index in [1.165, 1.54) is 11.3 Å². The Labute approximate surface area is 101 Å². The van der Waals surface area contributed by atoms with E-state index >= 15 is 0 Å². The van der Waals surface area contributed by atoms with E-state index in [0.29, 0.717) is 5.69 Å². The largest absolute Gasteiger partial charge is 0.286 e. The van der Waals surface area contributed by atoms with Crippen LogP contribution in [-0.4, -0.2) is 4.98 Å². The minimum absolute atomic E-state index is 0.146. The molecule has 80 valence electrons. The molecule has 0 unspecified atom stereocenters. The summed E-state index contributed by atoms with van der Waals surface area (Å²) in [4.78, 5) is 17.1. The molecule has 3 rings (SSSR count). The molecular weight excluding hydrogens is 232 g/mol. The predicted molar refractivity (Wildman–Crippen MR) is 67.2 cm³/mol. The Hall–Kier alpha value is -2.25. The number of benzene rings is 2. The van der Waals surface area contributed by atoms with Crippen LogP contribution in [0.3, 0.4) is 0 Å². The van der Waals surface area contributed by atoms with E-state index in [1.807, 2.05) is 30.3 Å². The van der Waals surface area contributed by atoms with Gasteiger partial charge in [0.05, 0.1) is 15.1 Å². The minimum Gasteiger partial charge on any atom is -0.286 e. The summed E-state index contributed by atoms with van der Waals surface area (Å²) in [5.74, 6) is 0. The molecule has 0 fully saturated rings. The van der Waals surface area contributed by atoms with Crippen molar-refractivity contribution in [3.05, 3.63) is 52.2 Å². The van der Waals surface area contributed by atoms with E-state index < -0.39 is 0 Å². The summed E-state index contributed by atoms with van der Waals surface area (Å²) in [7, 11) is 0. The fourth-order valence-electron chi connectivity index (χ4n) is 1.70. The highest BCUT2D eigenvalue weighted by Crippen LogP contribution is 2.28. The van der Waals surface area contributed by atoms with Crippen molar-refractivity contribution in [3.63, 3.8) is 0 Å². The van der Waals surface area contributed by atoms with Gasteiger partial charge in [-0.1, -0.05) is 12.1 Å². The van der Waals surface area contributed by atoms with E-state index in [1.54, 1.807) is 12.1 Å². The van der Waals surface area contributed by atoms with E-state index in [4.69, 9.17) is 5.26 Å². The van der Waals surface area contributed by atoms with Crippen LogP contribution >= 0.6 is 11.3 Å². The zero-order valence-electron chi connectivity index (χ0n) is 8.68. The first-order chi connectivity index (χ1) is 8.29. The third-order valence-electron chi connectivity index (χ3n) is 2.53. The minimum atomic E-state index is -0.285. The lowest BCUT2D eigenvalue weighted by molar-refractivity contribution is 1.35. The fourth-order valence-corrected chi connectivity index (χ4v) is 2.68. The molecule has 1 aromatic rings. The topological polar surface area (TPSA) is 53.8 Å². The Morgan fingerprint density at radius 3 is 2.82 bits per heavy atom. The molecule has 3 nitrogen and oxygen atoms in total. The Kier molecular flexibility index (Phi) is 2.13. The van der Waals surface area contributed by atoms with Crippen LogP contribution in [0.4, 0.5) is 0 Å². The van der Waals surface area contributed by atoms with Gasteiger partial charge in [-0.05, 0) is 24.3 Å². The van der Waals surface area contributed by atoms with Crippen molar-refractivity contribution >= 4 is 21.6 Å². The maximum atomic E-state index is 11.9. The summed E-state index contributed by atoms with van der Waals surface area (Å²) in [6.07, 6.45) is 0. The Bertz CT molecular complexity index is 785. The lowest BCUT2D eigenvalue weighted by Crippen LogP contribution is -2.10. The third-order valence-corrected chi connectivity index (χ3v) is 3.65. The van der Waals surface area contributed by atoms with Crippen molar-refractivity contribution in [2.75, 3.05) is 0 Å². The number of hydrogen-bond donors (Lipinski definition) is 0. The van der Waals surface area contributed by atoms with Gasteiger partial charge in [-0.2, -0.15) is 5.26 Å². The molecule has 0 saturated carbocycles. The lowest BCUT2D eigenvalue weighted by atomic mass is 10.1. The molecule has 1 aliphatic carbocycles. The number of hydrogen-bond acceptors (Lipinski definition) is 4. The first-order valence-electron chi connectivity index (χ1n) is 5.02. The van der Waals surface area contributed by atoms with Crippen LogP contribution in [-0.2, 0) is 0 Å². The number of nitriles is 1. The van der Waals surface area contributed by atoms with Crippen LogP contribution in [0.1, 0.15) is 5.56 Å². The average molecular weight is 238 g/mol. The van der Waals surface area contributed by atoms with Gasteiger partial charge in [0.1, 0.15) is 17.3 Å². The van der Waals surface area contributed by atoms with E-state index in [-0.39, 0.29) is 11.0 Å². The maximum Gasteiger partial charge on any atom is 0.223 e. The summed E-state index contributed by atoms with van der Waals surface area (Å²) in [5, 5.41) is 8.82. The van der Waals surface area contributed by atoms with Crippen molar-refractivity contribution in [3.8, 4) is 16.6 Å². The van der Waals surface area contributed by atoms with E-state index in [0.717, 1.165) is 15.1 Å². The van der Waals surface area contributed by atoms with Crippen molar-refractivity contribution in [2.24, 2.45) is 0 Å². The molecule has 0 amide bonds. The molecule has 1 heterocycles. The summed E-state index contributed by atoms with van der Waals surface area (Å²) < 4.78 is 1.03. The monoisotopic (exact) mass is 238 g/mol. The molecule has 0 bridgehead atoms. The molecule has 0 aromatic heterocycles. The molecule has 0 atom stereocenters. The first-order valence-corrected chi connectivity index (χ1v) is 5.84. The number of nitrogens with zero attached hydrogens (tertiary/aromatic N) is 2. The molecule has 1 aliphatic heterocycles. The molecule has 2 aliphatic rings. The normalized spacial score (nSPS) is 10.5. The standard InChI is InChI=1S/C13H6N2OS/c14-7-8-5-6-11-12(13(8)16)15-9-3-1-2-4-10(9)17-11/h1-6H. The summed E-state index contributed by atoms with van der Waals surface area (Å²) in [5.41, 5.74) is 1.03. The van der Waals surface area contributed by atoms with Gasteiger partial charge in [0, 0.05) is 0 Å². The molecule has 0 radical (unpaired) electrons. The van der Waals surface area contributed by atoms with Crippen LogP contribution in [0.5, 0.6) is 0 Å². The summed E-state index contributed by atoms with van der Waals surface area (Å²) >= 11 is 1.51. The average Bonchev–Trinajstić information content (AvgIpc) is 2.37. The highest BCUT2D eigenvalue weighted by molar-refractivity contribution is 7.21. The summed E-state index contributed by atoms with van der Waals surface area (Å²) in [6.45, 7) is 0. The quantitative estimate of drug-likeness (QED) is 0.566. The van der Waals surface area contributed by atoms with Crippen LogP contribution in [0.15, 0.2) is 41.2 Å². The Balaban J connectivity index is 2.50. The SMILES string of the molecule is N#Cc1ccc2sc3ccccc3nc-2c1=O. The number of fused-ring (bicyclic) bond motifs is 2. The van der Waals surface area contributed by atoms with Crippen LogP contribution in [0.2, 0.25) is 0 Å². The van der Waals surface area contributed by atoms with Crippen molar-refractivity contribution in [1.29, 1.82) is 5.26 Å². The zero-order chi connectivity index (χ0) is 11.8. The first kappa shape index (κ1) is 9.94. The second-order valence-electron chi connectivity index (χ2n) is 3.58. The number of para-hydroxylation sites is 1. The van der Waals surface area contributed by atoms with Gasteiger partial charge in [-0.3, -0.25) is 4.79 Å². The van der Waals surface area contributed by atoms with Crippen LogP contribution < -0.4 is 5.43 Å². The molecular formula is C13H6N2OS. The molecule has 4 heteroatoms. The van der Waals surface area contributed by atoms with Gasteiger partial charge < -0.3 is 0 Å². The lowest BCUT2D eigenvalue weighted by Gasteiger charge is -2.04. The second kappa shape index (κ2) is 3.65. The van der Waals surface area contributed by atoms with E-state index in [9.17, 15) is 4.79 Å². The maximum absolute atomic E-state index is 11.9. The highest BCUT2D eigenvalue weighted by atomic mass is 32.1. The highest BCUT2D eigenvalue weighted by Gasteiger charge is 2.13. The Morgan fingerprint density at radius 2 is 2.00 bits per heavy atom. The van der Waals surface area contributed by atoms with Crippen molar-refractivity contribution < 1.29 is 0 Å². The van der Waals surface area contributed by atoms with Gasteiger partial charge in [0.25, 0.3) is 0 Å². The predicted octanol–water partition coefficient (Wildman–Crippen LogP) is 2.63. The number of rotatable bonds is 0. The zero-order valence-corrected chi connectivity index (χ0v) is 9.49. The molecule has 1 aromatic carbocycles. The smallest absolute Gasteiger partial charge is 0.223 e. The molecule has 0 saturated heterocycles. The summed E-state index contributed by atoms with van der Waals surface area (Å²) in [6, 6.07) is 12.9. The van der Waals surface area contributed by atoms with Crippen molar-refractivity contribution in [1.82, 2.24) is 4.98 Å².